The summed E-state index contributed by atoms with van der Waals surface area (Å²) in [6.45, 7) is 4.37. The Labute approximate surface area is 200 Å². The number of sulfonamides is 1. The molecule has 0 atom stereocenters. The molecule has 3 aromatic rings. The number of aromatic nitrogens is 1. The largest absolute Gasteiger partial charge is 0.508 e. The number of amides is 1. The van der Waals surface area contributed by atoms with Gasteiger partial charge in [0, 0.05) is 44.2 Å². The van der Waals surface area contributed by atoms with E-state index in [0.29, 0.717) is 0 Å². The van der Waals surface area contributed by atoms with E-state index in [4.69, 9.17) is 10.2 Å². The predicted octanol–water partition coefficient (Wildman–Crippen LogP) is 3.62. The molecule has 180 valence electrons. The Morgan fingerprint density at radius 1 is 1.03 bits per heavy atom. The molecular weight excluding hydrogens is 454 g/mol. The highest BCUT2D eigenvalue weighted by atomic mass is 32.2. The standard InChI is InChI=1S/C18H21N3O3S.C7H8O2/c1-13-9-16(25(23,24)20(2)3)11-19-18(13)15-6-7-17-14(10-15)5-4-8-21(17)12-22;1-5-2-3-6(8)4-7(5)9/h6-7,9-12H,4-5,8H2,1-3H3;2-4,8-9H,1H3. The van der Waals surface area contributed by atoms with E-state index in [0.717, 1.165) is 59.4 Å². The molecule has 0 saturated carbocycles. The van der Waals surface area contributed by atoms with Crippen molar-refractivity contribution in [2.24, 2.45) is 0 Å². The molecule has 4 rings (SSSR count). The molecule has 0 aliphatic carbocycles. The molecule has 1 aliphatic heterocycles. The normalized spacial score (nSPS) is 13.1. The lowest BCUT2D eigenvalue weighted by molar-refractivity contribution is -0.107. The van der Waals surface area contributed by atoms with Crippen LogP contribution in [0.3, 0.4) is 0 Å². The van der Waals surface area contributed by atoms with Gasteiger partial charge < -0.3 is 15.1 Å². The molecule has 2 aromatic carbocycles. The van der Waals surface area contributed by atoms with Crippen molar-refractivity contribution in [3.63, 3.8) is 0 Å². The van der Waals surface area contributed by atoms with Crippen molar-refractivity contribution < 1.29 is 23.4 Å². The summed E-state index contributed by atoms with van der Waals surface area (Å²) in [4.78, 5) is 17.5. The molecule has 0 fully saturated rings. The third-order valence-electron chi connectivity index (χ3n) is 5.66. The van der Waals surface area contributed by atoms with Crippen LogP contribution < -0.4 is 4.90 Å². The van der Waals surface area contributed by atoms with Crippen LogP contribution in [0.25, 0.3) is 11.3 Å². The van der Waals surface area contributed by atoms with Gasteiger partial charge in [-0.05, 0) is 67.6 Å². The summed E-state index contributed by atoms with van der Waals surface area (Å²) in [7, 11) is -0.496. The summed E-state index contributed by atoms with van der Waals surface area (Å²) in [5.41, 5.74) is 5.30. The number of rotatable bonds is 4. The van der Waals surface area contributed by atoms with E-state index in [2.05, 4.69) is 4.98 Å². The zero-order valence-corrected chi connectivity index (χ0v) is 20.5. The molecule has 0 radical (unpaired) electrons. The molecule has 0 bridgehead atoms. The van der Waals surface area contributed by atoms with Crippen LogP contribution in [0.5, 0.6) is 11.5 Å². The third kappa shape index (κ3) is 5.37. The van der Waals surface area contributed by atoms with Crippen molar-refractivity contribution in [1.29, 1.82) is 0 Å². The van der Waals surface area contributed by atoms with Crippen LogP contribution in [0.2, 0.25) is 0 Å². The first-order valence-corrected chi connectivity index (χ1v) is 12.2. The van der Waals surface area contributed by atoms with E-state index in [1.807, 2.05) is 25.1 Å². The second kappa shape index (κ2) is 10.2. The maximum atomic E-state index is 12.2. The average molecular weight is 484 g/mol. The van der Waals surface area contributed by atoms with Crippen molar-refractivity contribution in [3.8, 4) is 22.8 Å². The van der Waals surface area contributed by atoms with E-state index in [9.17, 15) is 13.2 Å². The van der Waals surface area contributed by atoms with Crippen LogP contribution in [0, 0.1) is 13.8 Å². The van der Waals surface area contributed by atoms with Gasteiger partial charge in [-0.15, -0.1) is 0 Å². The van der Waals surface area contributed by atoms with Crippen LogP contribution in [0.15, 0.2) is 53.6 Å². The fourth-order valence-electron chi connectivity index (χ4n) is 3.68. The van der Waals surface area contributed by atoms with Crippen LogP contribution in [0.1, 0.15) is 23.1 Å². The number of phenols is 2. The molecule has 1 amide bonds. The van der Waals surface area contributed by atoms with E-state index in [1.165, 1.54) is 36.7 Å². The summed E-state index contributed by atoms with van der Waals surface area (Å²) in [5, 5.41) is 17.7. The maximum Gasteiger partial charge on any atom is 0.244 e. The molecule has 34 heavy (non-hydrogen) atoms. The molecule has 2 N–H and O–H groups in total. The van der Waals surface area contributed by atoms with Gasteiger partial charge in [-0.1, -0.05) is 12.1 Å². The minimum Gasteiger partial charge on any atom is -0.508 e. The minimum absolute atomic E-state index is 0.0955. The number of hydrogen-bond donors (Lipinski definition) is 2. The van der Waals surface area contributed by atoms with Crippen LogP contribution in [-0.2, 0) is 21.2 Å². The first-order valence-electron chi connectivity index (χ1n) is 10.8. The fourth-order valence-corrected chi connectivity index (χ4v) is 4.62. The van der Waals surface area contributed by atoms with Crippen molar-refractivity contribution in [2.45, 2.75) is 31.6 Å². The van der Waals surface area contributed by atoms with Gasteiger partial charge in [-0.25, -0.2) is 12.7 Å². The van der Waals surface area contributed by atoms with E-state index in [-0.39, 0.29) is 16.4 Å². The van der Waals surface area contributed by atoms with E-state index < -0.39 is 10.0 Å². The SMILES string of the molecule is Cc1cc(S(=O)(=O)N(C)C)cnc1-c1ccc2c(c1)CCCN2C=O.Cc1ccc(O)cc1O. The lowest BCUT2D eigenvalue weighted by Gasteiger charge is -2.26. The molecule has 8 nitrogen and oxygen atoms in total. The smallest absolute Gasteiger partial charge is 0.244 e. The topological polar surface area (TPSA) is 111 Å². The maximum absolute atomic E-state index is 12.2. The number of aromatic hydroxyl groups is 2. The third-order valence-corrected chi connectivity index (χ3v) is 7.44. The van der Waals surface area contributed by atoms with Gasteiger partial charge in [-0.3, -0.25) is 9.78 Å². The lowest BCUT2D eigenvalue weighted by atomic mass is 9.97. The van der Waals surface area contributed by atoms with Gasteiger partial charge in [0.1, 0.15) is 16.4 Å². The Morgan fingerprint density at radius 2 is 1.76 bits per heavy atom. The molecule has 9 heteroatoms. The number of aryl methyl sites for hydroxylation is 3. The van der Waals surface area contributed by atoms with Gasteiger partial charge in [0.15, 0.2) is 0 Å². The van der Waals surface area contributed by atoms with E-state index >= 15 is 0 Å². The number of benzene rings is 2. The fraction of sp³-hybridized carbons (Fsp3) is 0.280. The van der Waals surface area contributed by atoms with Crippen LogP contribution in [0.4, 0.5) is 5.69 Å². The molecule has 0 saturated heterocycles. The zero-order valence-electron chi connectivity index (χ0n) is 19.7. The van der Waals surface area contributed by atoms with Gasteiger partial charge in [0.05, 0.1) is 5.69 Å². The molecule has 0 spiro atoms. The Morgan fingerprint density at radius 3 is 2.35 bits per heavy atom. The number of hydrogen-bond acceptors (Lipinski definition) is 6. The molecule has 2 heterocycles. The predicted molar refractivity (Wildman–Crippen MR) is 132 cm³/mol. The molecular formula is C25H29N3O5S. The number of fused-ring (bicyclic) bond motifs is 1. The van der Waals surface area contributed by atoms with Gasteiger partial charge in [0.2, 0.25) is 16.4 Å². The molecule has 1 aliphatic rings. The summed E-state index contributed by atoms with van der Waals surface area (Å²) < 4.78 is 25.7. The number of carbonyl (C=O) groups excluding carboxylic acids is 1. The molecule has 0 unspecified atom stereocenters. The number of phenolic OH excluding ortho intramolecular Hbond substituents is 2. The van der Waals surface area contributed by atoms with Gasteiger partial charge in [-0.2, -0.15) is 0 Å². The highest BCUT2D eigenvalue weighted by Gasteiger charge is 2.20. The van der Waals surface area contributed by atoms with Crippen molar-refractivity contribution in [2.75, 3.05) is 25.5 Å². The molecule has 1 aromatic heterocycles. The Hall–Kier alpha value is -3.43. The van der Waals surface area contributed by atoms with Gasteiger partial charge >= 0.3 is 0 Å². The highest BCUT2D eigenvalue weighted by molar-refractivity contribution is 7.89. The highest BCUT2D eigenvalue weighted by Crippen LogP contribution is 2.32. The van der Waals surface area contributed by atoms with Crippen LogP contribution >= 0.6 is 0 Å². The summed E-state index contributed by atoms with van der Waals surface area (Å²) in [6, 6.07) is 12.1. The monoisotopic (exact) mass is 483 g/mol. The summed E-state index contributed by atoms with van der Waals surface area (Å²) >= 11 is 0. The van der Waals surface area contributed by atoms with Crippen molar-refractivity contribution in [3.05, 3.63) is 65.4 Å². The van der Waals surface area contributed by atoms with E-state index in [1.54, 1.807) is 24.0 Å². The van der Waals surface area contributed by atoms with Crippen molar-refractivity contribution in [1.82, 2.24) is 9.29 Å². The second-order valence-electron chi connectivity index (χ2n) is 8.34. The van der Waals surface area contributed by atoms with Crippen LogP contribution in [-0.4, -0.2) is 55.0 Å². The first kappa shape index (κ1) is 25.2. The average Bonchev–Trinajstić information content (AvgIpc) is 2.81. The Kier molecular flexibility index (Phi) is 7.58. The van der Waals surface area contributed by atoms with Crippen molar-refractivity contribution >= 4 is 22.1 Å². The number of pyridine rings is 1. The summed E-state index contributed by atoms with van der Waals surface area (Å²) in [6.07, 6.45) is 4.11. The second-order valence-corrected chi connectivity index (χ2v) is 10.5. The number of carbonyl (C=O) groups is 1. The Bertz CT molecular complexity index is 1310. The Balaban J connectivity index is 0.000000302. The first-order chi connectivity index (χ1) is 16.0. The minimum atomic E-state index is -3.50. The number of anilines is 1. The van der Waals surface area contributed by atoms with Gasteiger partial charge in [0.25, 0.3) is 0 Å². The zero-order chi connectivity index (χ0) is 25.0. The quantitative estimate of drug-likeness (QED) is 0.549. The lowest BCUT2D eigenvalue weighted by Crippen LogP contribution is -2.27. The summed E-state index contributed by atoms with van der Waals surface area (Å²) in [5.74, 6) is 0.230. The number of nitrogens with zero attached hydrogens (tertiary/aromatic N) is 3.